The highest BCUT2D eigenvalue weighted by Crippen LogP contribution is 2.27. The molecule has 0 radical (unpaired) electrons. The molecule has 0 aromatic heterocycles. The molecule has 0 aromatic carbocycles. The molecule has 6 N–H and O–H groups in total. The molecule has 116 valence electrons. The minimum atomic E-state index is -1.03. The third kappa shape index (κ3) is 3.68. The van der Waals surface area contributed by atoms with Crippen LogP contribution in [0.25, 0.3) is 0 Å². The number of carbonyl (C=O) groups is 2. The topological polar surface area (TPSA) is 122 Å². The fourth-order valence-corrected chi connectivity index (χ4v) is 2.85. The van der Waals surface area contributed by atoms with Crippen molar-refractivity contribution in [1.29, 1.82) is 0 Å². The van der Waals surface area contributed by atoms with Crippen molar-refractivity contribution in [3.63, 3.8) is 0 Å². The molecular weight excluding hydrogens is 260 g/mol. The Bertz CT molecular complexity index is 351. The summed E-state index contributed by atoms with van der Waals surface area (Å²) in [6.07, 6.45) is 3.31. The maximum absolute atomic E-state index is 11.9. The number of carboxylic acid groups (broad SMARTS) is 1. The van der Waals surface area contributed by atoms with Crippen molar-refractivity contribution in [2.75, 3.05) is 19.6 Å². The molecule has 7 nitrogen and oxygen atoms in total. The average Bonchev–Trinajstić information content (AvgIpc) is 2.81. The first kappa shape index (κ1) is 16.9. The van der Waals surface area contributed by atoms with Gasteiger partial charge < -0.3 is 16.6 Å². The van der Waals surface area contributed by atoms with E-state index in [0.29, 0.717) is 32.4 Å². The summed E-state index contributed by atoms with van der Waals surface area (Å²) in [6.45, 7) is 3.88. The van der Waals surface area contributed by atoms with Crippen molar-refractivity contribution in [2.24, 2.45) is 11.5 Å². The van der Waals surface area contributed by atoms with Crippen LogP contribution in [0.15, 0.2) is 0 Å². The van der Waals surface area contributed by atoms with Crippen molar-refractivity contribution in [3.8, 4) is 0 Å². The summed E-state index contributed by atoms with van der Waals surface area (Å²) < 4.78 is 0. The molecule has 0 aliphatic carbocycles. The molecule has 2 atom stereocenters. The predicted molar refractivity (Wildman–Crippen MR) is 75.9 cm³/mol. The van der Waals surface area contributed by atoms with Gasteiger partial charge in [0.05, 0.1) is 0 Å². The van der Waals surface area contributed by atoms with Gasteiger partial charge in [-0.15, -0.1) is 0 Å². The lowest BCUT2D eigenvalue weighted by molar-refractivity contribution is -0.143. The zero-order chi connectivity index (χ0) is 15.2. The van der Waals surface area contributed by atoms with Crippen LogP contribution >= 0.6 is 0 Å². The number of nitrogens with one attached hydrogen (secondary N) is 1. The van der Waals surface area contributed by atoms with Gasteiger partial charge in [0.1, 0.15) is 6.04 Å². The molecular formula is C13H26N4O3. The lowest BCUT2D eigenvalue weighted by Gasteiger charge is -2.38. The van der Waals surface area contributed by atoms with E-state index >= 15 is 0 Å². The fourth-order valence-electron chi connectivity index (χ4n) is 2.85. The molecule has 0 saturated carbocycles. The summed E-state index contributed by atoms with van der Waals surface area (Å²) in [6, 6.07) is -0.777. The Morgan fingerprint density at radius 3 is 2.65 bits per heavy atom. The number of nitrogens with two attached hydrogens (primary N) is 2. The molecule has 0 bridgehead atoms. The smallest absolute Gasteiger partial charge is 0.320 e. The van der Waals surface area contributed by atoms with Crippen molar-refractivity contribution >= 4 is 11.9 Å². The predicted octanol–water partition coefficient (Wildman–Crippen LogP) is -0.544. The van der Waals surface area contributed by atoms with Crippen molar-refractivity contribution in [3.05, 3.63) is 0 Å². The highest BCUT2D eigenvalue weighted by molar-refractivity contribution is 5.85. The Hall–Kier alpha value is -1.18. The summed E-state index contributed by atoms with van der Waals surface area (Å²) in [5.41, 5.74) is 9.94. The SMILES string of the molecule is CCN1CCCC1(N[C@@H](CCCCN)C(=O)O)C(N)=O. The third-order valence-electron chi connectivity index (χ3n) is 3.95. The number of nitrogens with zero attached hydrogens (tertiary/aromatic N) is 1. The third-order valence-corrected chi connectivity index (χ3v) is 3.95. The number of primary amides is 1. The van der Waals surface area contributed by atoms with Crippen LogP contribution in [0, 0.1) is 0 Å². The zero-order valence-electron chi connectivity index (χ0n) is 12.1. The summed E-state index contributed by atoms with van der Waals surface area (Å²) in [5.74, 6) is -1.45. The summed E-state index contributed by atoms with van der Waals surface area (Å²) >= 11 is 0. The Morgan fingerprint density at radius 1 is 1.45 bits per heavy atom. The Kier molecular flexibility index (Phi) is 6.38. The normalized spacial score (nSPS) is 24.7. The lowest BCUT2D eigenvalue weighted by atomic mass is 10.0. The number of likely N-dealkylation sites (N-methyl/N-ethyl adjacent to an activating group) is 1. The van der Waals surface area contributed by atoms with Crippen molar-refractivity contribution in [1.82, 2.24) is 10.2 Å². The molecule has 0 aromatic rings. The molecule has 1 amide bonds. The van der Waals surface area contributed by atoms with Gasteiger partial charge in [-0.25, -0.2) is 0 Å². The monoisotopic (exact) mass is 286 g/mol. The van der Waals surface area contributed by atoms with Gasteiger partial charge in [0.25, 0.3) is 5.91 Å². The molecule has 1 aliphatic rings. The minimum absolute atomic E-state index is 0.444. The van der Waals surface area contributed by atoms with Crippen LogP contribution in [0.5, 0.6) is 0 Å². The average molecular weight is 286 g/mol. The van der Waals surface area contributed by atoms with Gasteiger partial charge in [-0.2, -0.15) is 0 Å². The van der Waals surface area contributed by atoms with E-state index in [2.05, 4.69) is 5.32 Å². The minimum Gasteiger partial charge on any atom is -0.480 e. The van der Waals surface area contributed by atoms with E-state index in [1.165, 1.54) is 0 Å². The van der Waals surface area contributed by atoms with Crippen LogP contribution in [0.1, 0.15) is 39.0 Å². The molecule has 1 unspecified atom stereocenters. The van der Waals surface area contributed by atoms with E-state index in [9.17, 15) is 14.7 Å². The molecule has 1 heterocycles. The Morgan fingerprint density at radius 2 is 2.15 bits per heavy atom. The molecule has 1 rings (SSSR count). The first-order chi connectivity index (χ1) is 9.47. The largest absolute Gasteiger partial charge is 0.480 e. The number of aliphatic carboxylic acids is 1. The van der Waals surface area contributed by atoms with E-state index in [1.54, 1.807) is 0 Å². The first-order valence-corrected chi connectivity index (χ1v) is 7.23. The standard InChI is InChI=1S/C13H26N4O3/c1-2-17-9-5-7-13(17,12(15)20)16-10(11(18)19)6-3-4-8-14/h10,16H,2-9,14H2,1H3,(H2,15,20)(H,18,19)/t10-,13?/m0/s1. The number of hydrogen-bond donors (Lipinski definition) is 4. The number of carboxylic acids is 1. The molecule has 1 aliphatic heterocycles. The van der Waals surface area contributed by atoms with E-state index < -0.39 is 23.6 Å². The highest BCUT2D eigenvalue weighted by Gasteiger charge is 2.47. The van der Waals surface area contributed by atoms with E-state index in [1.807, 2.05) is 11.8 Å². The van der Waals surface area contributed by atoms with Crippen molar-refractivity contribution in [2.45, 2.75) is 50.7 Å². The maximum Gasteiger partial charge on any atom is 0.320 e. The first-order valence-electron chi connectivity index (χ1n) is 7.23. The number of carbonyl (C=O) groups excluding carboxylic acids is 1. The second-order valence-corrected chi connectivity index (χ2v) is 5.23. The Balaban J connectivity index is 2.81. The maximum atomic E-state index is 11.9. The summed E-state index contributed by atoms with van der Waals surface area (Å²) in [4.78, 5) is 25.2. The van der Waals surface area contributed by atoms with E-state index in [-0.39, 0.29) is 0 Å². The molecule has 1 saturated heterocycles. The van der Waals surface area contributed by atoms with Crippen LogP contribution in [0.4, 0.5) is 0 Å². The number of rotatable bonds is 9. The van der Waals surface area contributed by atoms with Crippen LogP contribution < -0.4 is 16.8 Å². The molecule has 0 spiro atoms. The van der Waals surface area contributed by atoms with E-state index in [0.717, 1.165) is 19.4 Å². The number of likely N-dealkylation sites (tertiary alicyclic amines) is 1. The van der Waals surface area contributed by atoms with Gasteiger partial charge in [0, 0.05) is 6.54 Å². The molecule has 7 heteroatoms. The molecule has 20 heavy (non-hydrogen) atoms. The van der Waals surface area contributed by atoms with Gasteiger partial charge in [-0.05, 0) is 38.8 Å². The van der Waals surface area contributed by atoms with Crippen molar-refractivity contribution < 1.29 is 14.7 Å². The number of amides is 1. The summed E-state index contributed by atoms with van der Waals surface area (Å²) in [5, 5.41) is 12.3. The van der Waals surface area contributed by atoms with Crippen LogP contribution in [-0.4, -0.2) is 53.2 Å². The highest BCUT2D eigenvalue weighted by atomic mass is 16.4. The summed E-state index contributed by atoms with van der Waals surface area (Å²) in [7, 11) is 0. The van der Waals surface area contributed by atoms with Crippen LogP contribution in [-0.2, 0) is 9.59 Å². The van der Waals surface area contributed by atoms with Gasteiger partial charge in [0.2, 0.25) is 0 Å². The number of hydrogen-bond acceptors (Lipinski definition) is 5. The van der Waals surface area contributed by atoms with E-state index in [4.69, 9.17) is 11.5 Å². The quantitative estimate of drug-likeness (QED) is 0.422. The number of unbranched alkanes of at least 4 members (excludes halogenated alkanes) is 1. The van der Waals surface area contributed by atoms with Crippen LogP contribution in [0.3, 0.4) is 0 Å². The second kappa shape index (κ2) is 7.56. The second-order valence-electron chi connectivity index (χ2n) is 5.23. The molecule has 1 fully saturated rings. The lowest BCUT2D eigenvalue weighted by Crippen LogP contribution is -2.66. The fraction of sp³-hybridized carbons (Fsp3) is 0.846. The Labute approximate surface area is 119 Å². The van der Waals surface area contributed by atoms with Gasteiger partial charge in [-0.3, -0.25) is 19.8 Å². The van der Waals surface area contributed by atoms with Gasteiger partial charge >= 0.3 is 5.97 Å². The van der Waals surface area contributed by atoms with Gasteiger partial charge in [0.15, 0.2) is 5.66 Å². The van der Waals surface area contributed by atoms with Gasteiger partial charge in [-0.1, -0.05) is 13.3 Å². The van der Waals surface area contributed by atoms with Crippen LogP contribution in [0.2, 0.25) is 0 Å². The zero-order valence-corrected chi connectivity index (χ0v) is 12.1.